The minimum Gasteiger partial charge on any atom is -0.497 e. The normalized spacial score (nSPS) is 18.9. The van der Waals surface area contributed by atoms with Gasteiger partial charge in [-0.15, -0.1) is 0 Å². The Bertz CT molecular complexity index is 1420. The molecule has 4 aromatic rings. The summed E-state index contributed by atoms with van der Waals surface area (Å²) in [5.74, 6) is -0.287. The molecule has 0 radical (unpaired) electrons. The second-order valence-electron chi connectivity index (χ2n) is 8.99. The van der Waals surface area contributed by atoms with Gasteiger partial charge < -0.3 is 14.8 Å². The number of amides is 1. The van der Waals surface area contributed by atoms with Crippen LogP contribution in [0.1, 0.15) is 33.0 Å². The van der Waals surface area contributed by atoms with E-state index in [-0.39, 0.29) is 12.3 Å². The summed E-state index contributed by atoms with van der Waals surface area (Å²) in [4.78, 5) is 27.6. The van der Waals surface area contributed by atoms with Crippen LogP contribution in [0.5, 0.6) is 5.75 Å². The van der Waals surface area contributed by atoms with E-state index in [9.17, 15) is 9.59 Å². The summed E-state index contributed by atoms with van der Waals surface area (Å²) in [6, 6.07) is 35.6. The van der Waals surface area contributed by atoms with Crippen LogP contribution in [0.15, 0.2) is 121 Å². The van der Waals surface area contributed by atoms with Crippen molar-refractivity contribution in [2.75, 3.05) is 7.11 Å². The monoisotopic (exact) mass is 489 g/mol. The van der Waals surface area contributed by atoms with E-state index < -0.39 is 17.4 Å². The third-order valence-electron chi connectivity index (χ3n) is 6.63. The van der Waals surface area contributed by atoms with Crippen molar-refractivity contribution in [3.63, 3.8) is 0 Å². The summed E-state index contributed by atoms with van der Waals surface area (Å²) < 4.78 is 11.5. The van der Waals surface area contributed by atoms with E-state index in [0.29, 0.717) is 17.1 Å². The average Bonchev–Trinajstić information content (AvgIpc) is 2.96. The number of hydrogen-bond acceptors (Lipinski definition) is 4. The van der Waals surface area contributed by atoms with Crippen LogP contribution in [0.2, 0.25) is 0 Å². The van der Waals surface area contributed by atoms with Crippen LogP contribution >= 0.6 is 0 Å². The maximum Gasteiger partial charge on any atom is 0.338 e. The molecule has 5 rings (SSSR count). The third kappa shape index (κ3) is 5.02. The van der Waals surface area contributed by atoms with Crippen molar-refractivity contribution < 1.29 is 19.1 Å². The highest BCUT2D eigenvalue weighted by Crippen LogP contribution is 2.42. The fraction of sp³-hybridized carbons (Fsp3) is 0.125. The number of carbonyl (C=O) groups is 2. The fourth-order valence-electron chi connectivity index (χ4n) is 4.76. The molecule has 0 saturated heterocycles. The van der Waals surface area contributed by atoms with Gasteiger partial charge in [-0.3, -0.25) is 4.79 Å². The Morgan fingerprint density at radius 1 is 0.865 bits per heavy atom. The molecular weight excluding hydrogens is 462 g/mol. The Kier molecular flexibility index (Phi) is 6.86. The summed E-state index contributed by atoms with van der Waals surface area (Å²) >= 11 is 0. The summed E-state index contributed by atoms with van der Waals surface area (Å²) in [5, 5.41) is 3.11. The first-order valence-electron chi connectivity index (χ1n) is 12.1. The lowest BCUT2D eigenvalue weighted by molar-refractivity contribution is -0.145. The molecule has 0 unspecified atom stereocenters. The number of hydrogen-bond donors (Lipinski definition) is 1. The van der Waals surface area contributed by atoms with Crippen LogP contribution in [0, 0.1) is 0 Å². The molecule has 5 nitrogen and oxygen atoms in total. The van der Waals surface area contributed by atoms with E-state index in [2.05, 4.69) is 5.32 Å². The first-order valence-corrected chi connectivity index (χ1v) is 12.1. The smallest absolute Gasteiger partial charge is 0.338 e. The highest BCUT2D eigenvalue weighted by atomic mass is 16.5. The molecule has 0 fully saturated rings. The van der Waals surface area contributed by atoms with Gasteiger partial charge in [0.1, 0.15) is 11.5 Å². The van der Waals surface area contributed by atoms with Gasteiger partial charge in [-0.1, -0.05) is 91.0 Å². The van der Waals surface area contributed by atoms with E-state index in [0.717, 1.165) is 16.7 Å². The maximum absolute atomic E-state index is 14.1. The predicted octanol–water partition coefficient (Wildman–Crippen LogP) is 5.79. The molecule has 37 heavy (non-hydrogen) atoms. The lowest BCUT2D eigenvalue weighted by atomic mass is 9.73. The van der Waals surface area contributed by atoms with Crippen molar-refractivity contribution in [2.24, 2.45) is 0 Å². The Hall–Kier alpha value is -4.64. The van der Waals surface area contributed by atoms with Crippen LogP contribution in [0.3, 0.4) is 0 Å². The van der Waals surface area contributed by atoms with Gasteiger partial charge in [0.25, 0.3) is 5.91 Å². The third-order valence-corrected chi connectivity index (χ3v) is 6.63. The highest BCUT2D eigenvalue weighted by molar-refractivity contribution is 6.00. The minimum atomic E-state index is -1.40. The topological polar surface area (TPSA) is 64.6 Å². The van der Waals surface area contributed by atoms with Crippen molar-refractivity contribution in [2.45, 2.75) is 17.9 Å². The number of nitrogens with one attached hydrogen (secondary N) is 1. The first kappa shape index (κ1) is 24.1. The number of cyclic esters (lactones) is 1. The SMILES string of the molecule is COc1cccc([C@H]2C=C(c3ccccc3)OC(=O)[C@@]2(Cc2ccccc2)NC(=O)c2ccccc2)c1. The number of benzene rings is 4. The second-order valence-corrected chi connectivity index (χ2v) is 8.99. The molecule has 0 bridgehead atoms. The van der Waals surface area contributed by atoms with E-state index in [4.69, 9.17) is 9.47 Å². The van der Waals surface area contributed by atoms with Crippen LogP contribution in [-0.2, 0) is 16.0 Å². The van der Waals surface area contributed by atoms with Crippen LogP contribution in [0.4, 0.5) is 0 Å². The number of carbonyl (C=O) groups excluding carboxylic acids is 2. The number of ether oxygens (including phenoxy) is 2. The number of esters is 1. The average molecular weight is 490 g/mol. The molecule has 1 heterocycles. The quantitative estimate of drug-likeness (QED) is 0.334. The van der Waals surface area contributed by atoms with Crippen molar-refractivity contribution in [3.05, 3.63) is 144 Å². The summed E-state index contributed by atoms with van der Waals surface area (Å²) in [5.41, 5.74) is 1.57. The molecule has 0 spiro atoms. The summed E-state index contributed by atoms with van der Waals surface area (Å²) in [6.45, 7) is 0. The summed E-state index contributed by atoms with van der Waals surface area (Å²) in [7, 11) is 1.61. The Morgan fingerprint density at radius 2 is 1.51 bits per heavy atom. The van der Waals surface area contributed by atoms with Crippen LogP contribution in [-0.4, -0.2) is 24.5 Å². The standard InChI is InChI=1S/C32H27NO4/c1-36-27-19-11-18-26(20-27)28-21-29(24-14-7-3-8-15-24)37-31(35)32(28,22-23-12-5-2-6-13-23)33-30(34)25-16-9-4-10-17-25/h2-21,28H,22H2,1H3,(H,33,34)/t28-,32+/m1/s1. The van der Waals surface area contributed by atoms with Crippen LogP contribution in [0.25, 0.3) is 5.76 Å². The van der Waals surface area contributed by atoms with Gasteiger partial charge in [-0.25, -0.2) is 4.79 Å². The molecule has 0 saturated carbocycles. The minimum absolute atomic E-state index is 0.242. The zero-order valence-electron chi connectivity index (χ0n) is 20.5. The Balaban J connectivity index is 1.69. The first-order chi connectivity index (χ1) is 18.1. The zero-order chi connectivity index (χ0) is 25.7. The molecule has 1 N–H and O–H groups in total. The van der Waals surface area contributed by atoms with Gasteiger partial charge in [0.2, 0.25) is 0 Å². The van der Waals surface area contributed by atoms with Crippen molar-refractivity contribution >= 4 is 17.6 Å². The second kappa shape index (κ2) is 10.5. The van der Waals surface area contributed by atoms with Crippen molar-refractivity contribution in [1.29, 1.82) is 0 Å². The zero-order valence-corrected chi connectivity index (χ0v) is 20.5. The van der Waals surface area contributed by atoms with Crippen molar-refractivity contribution in [3.8, 4) is 5.75 Å². The molecule has 0 aromatic heterocycles. The molecule has 1 aliphatic heterocycles. The van der Waals surface area contributed by atoms with Gasteiger partial charge in [0, 0.05) is 23.5 Å². The molecule has 184 valence electrons. The molecule has 5 heteroatoms. The fourth-order valence-corrected chi connectivity index (χ4v) is 4.76. The highest BCUT2D eigenvalue weighted by Gasteiger charge is 2.51. The molecule has 0 aliphatic carbocycles. The number of methoxy groups -OCH3 is 1. The van der Waals surface area contributed by atoms with E-state index in [1.54, 1.807) is 31.4 Å². The summed E-state index contributed by atoms with van der Waals surface area (Å²) in [6.07, 6.45) is 2.17. The molecule has 1 aliphatic rings. The van der Waals surface area contributed by atoms with E-state index in [1.807, 2.05) is 97.1 Å². The molecular formula is C32H27NO4. The Labute approximate surface area is 216 Å². The van der Waals surface area contributed by atoms with Gasteiger partial charge >= 0.3 is 5.97 Å². The van der Waals surface area contributed by atoms with Gasteiger partial charge in [0.05, 0.1) is 7.11 Å². The van der Waals surface area contributed by atoms with Gasteiger partial charge in [-0.05, 0) is 41.5 Å². The van der Waals surface area contributed by atoms with Crippen molar-refractivity contribution in [1.82, 2.24) is 5.32 Å². The van der Waals surface area contributed by atoms with E-state index >= 15 is 0 Å². The molecule has 2 atom stereocenters. The Morgan fingerprint density at radius 3 is 2.19 bits per heavy atom. The molecule has 1 amide bonds. The van der Waals surface area contributed by atoms with E-state index in [1.165, 1.54) is 0 Å². The van der Waals surface area contributed by atoms with Gasteiger partial charge in [0.15, 0.2) is 5.54 Å². The molecule has 4 aromatic carbocycles. The predicted molar refractivity (Wildman–Crippen MR) is 143 cm³/mol. The number of rotatable bonds is 7. The lowest BCUT2D eigenvalue weighted by Crippen LogP contribution is -2.61. The van der Waals surface area contributed by atoms with Crippen LogP contribution < -0.4 is 10.1 Å². The van der Waals surface area contributed by atoms with Gasteiger partial charge in [-0.2, -0.15) is 0 Å². The largest absolute Gasteiger partial charge is 0.497 e. The maximum atomic E-state index is 14.1. The lowest BCUT2D eigenvalue weighted by Gasteiger charge is -2.41.